The standard InChI is InChI=1S/C14H13Cl2NOS/c1-9-2-3-10(12(16)6-9)8-19(18)14-5-4-11(15)7-13(14)17/h2-7H,8,17H2,1H3. The van der Waals surface area contributed by atoms with Crippen LogP contribution in [0.3, 0.4) is 0 Å². The molecule has 0 amide bonds. The van der Waals surface area contributed by atoms with Gasteiger partial charge in [-0.15, -0.1) is 0 Å². The zero-order valence-electron chi connectivity index (χ0n) is 10.3. The minimum absolute atomic E-state index is 0.338. The van der Waals surface area contributed by atoms with Crippen molar-refractivity contribution in [2.45, 2.75) is 17.6 Å². The van der Waals surface area contributed by atoms with E-state index in [1.807, 2.05) is 25.1 Å². The van der Waals surface area contributed by atoms with Gasteiger partial charge >= 0.3 is 0 Å². The first-order chi connectivity index (χ1) is 8.97. The van der Waals surface area contributed by atoms with E-state index in [1.165, 1.54) is 0 Å². The molecule has 0 aliphatic heterocycles. The van der Waals surface area contributed by atoms with Gasteiger partial charge in [-0.1, -0.05) is 35.3 Å². The topological polar surface area (TPSA) is 43.1 Å². The lowest BCUT2D eigenvalue weighted by molar-refractivity contribution is 0.683. The number of rotatable bonds is 3. The second-order valence-corrected chi connectivity index (χ2v) is 6.53. The van der Waals surface area contributed by atoms with E-state index in [0.29, 0.717) is 26.4 Å². The SMILES string of the molecule is Cc1ccc(CS(=O)c2ccc(Cl)cc2N)c(Cl)c1. The van der Waals surface area contributed by atoms with Crippen molar-refractivity contribution in [2.75, 3.05) is 5.73 Å². The molecule has 0 spiro atoms. The minimum Gasteiger partial charge on any atom is -0.398 e. The van der Waals surface area contributed by atoms with Gasteiger partial charge in [0.05, 0.1) is 21.4 Å². The van der Waals surface area contributed by atoms with Gasteiger partial charge in [-0.2, -0.15) is 0 Å². The van der Waals surface area contributed by atoms with E-state index in [0.717, 1.165) is 11.1 Å². The van der Waals surface area contributed by atoms with Crippen molar-refractivity contribution in [3.05, 3.63) is 57.6 Å². The molecule has 0 aliphatic carbocycles. The van der Waals surface area contributed by atoms with Crippen molar-refractivity contribution in [1.82, 2.24) is 0 Å². The van der Waals surface area contributed by atoms with Crippen LogP contribution < -0.4 is 5.73 Å². The number of hydrogen-bond acceptors (Lipinski definition) is 2. The molecule has 0 aromatic heterocycles. The van der Waals surface area contributed by atoms with Crippen LogP contribution in [0.15, 0.2) is 41.3 Å². The van der Waals surface area contributed by atoms with Crippen LogP contribution in [0.5, 0.6) is 0 Å². The van der Waals surface area contributed by atoms with Gasteiger partial charge in [0.25, 0.3) is 0 Å². The first-order valence-corrected chi connectivity index (χ1v) is 7.73. The molecule has 0 bridgehead atoms. The Kier molecular flexibility index (Phi) is 4.50. The molecule has 1 atom stereocenters. The lowest BCUT2D eigenvalue weighted by Gasteiger charge is -2.08. The monoisotopic (exact) mass is 313 g/mol. The first kappa shape index (κ1) is 14.4. The molecule has 2 aromatic rings. The summed E-state index contributed by atoms with van der Waals surface area (Å²) >= 11 is 12.0. The summed E-state index contributed by atoms with van der Waals surface area (Å²) in [7, 11) is -1.24. The Labute approximate surface area is 125 Å². The first-order valence-electron chi connectivity index (χ1n) is 5.66. The van der Waals surface area contributed by atoms with Crippen LogP contribution in [0.25, 0.3) is 0 Å². The van der Waals surface area contributed by atoms with E-state index < -0.39 is 10.8 Å². The number of aryl methyl sites for hydroxylation is 1. The third-order valence-electron chi connectivity index (χ3n) is 2.71. The van der Waals surface area contributed by atoms with Crippen LogP contribution in [0, 0.1) is 6.92 Å². The van der Waals surface area contributed by atoms with Crippen LogP contribution in [-0.2, 0) is 16.6 Å². The summed E-state index contributed by atoms with van der Waals surface area (Å²) in [6, 6.07) is 10.7. The summed E-state index contributed by atoms with van der Waals surface area (Å²) in [5.74, 6) is 0.338. The smallest absolute Gasteiger partial charge is 0.0621 e. The zero-order chi connectivity index (χ0) is 14.0. The molecule has 2 rings (SSSR count). The van der Waals surface area contributed by atoms with Gasteiger partial charge in [0.15, 0.2) is 0 Å². The van der Waals surface area contributed by atoms with E-state index >= 15 is 0 Å². The number of benzene rings is 2. The molecule has 2 N–H and O–H groups in total. The van der Waals surface area contributed by atoms with Gasteiger partial charge in [-0.25, -0.2) is 0 Å². The molecule has 0 fully saturated rings. The Morgan fingerprint density at radius 3 is 2.53 bits per heavy atom. The maximum atomic E-state index is 12.3. The third kappa shape index (κ3) is 3.50. The average Bonchev–Trinajstić information content (AvgIpc) is 2.32. The van der Waals surface area contributed by atoms with Gasteiger partial charge in [0, 0.05) is 15.7 Å². The zero-order valence-corrected chi connectivity index (χ0v) is 12.6. The fourth-order valence-electron chi connectivity index (χ4n) is 1.72. The van der Waals surface area contributed by atoms with Crippen LogP contribution in [0.1, 0.15) is 11.1 Å². The van der Waals surface area contributed by atoms with Crippen LogP contribution in [0.2, 0.25) is 10.0 Å². The highest BCUT2D eigenvalue weighted by Gasteiger charge is 2.11. The highest BCUT2D eigenvalue weighted by atomic mass is 35.5. The molecule has 19 heavy (non-hydrogen) atoms. The van der Waals surface area contributed by atoms with Crippen molar-refractivity contribution < 1.29 is 4.21 Å². The predicted molar refractivity (Wildman–Crippen MR) is 82.2 cm³/mol. The van der Waals surface area contributed by atoms with E-state index in [9.17, 15) is 4.21 Å². The summed E-state index contributed by atoms with van der Waals surface area (Å²) in [6.07, 6.45) is 0. The molecule has 0 saturated carbocycles. The molecular weight excluding hydrogens is 301 g/mol. The number of anilines is 1. The molecule has 0 aliphatic rings. The van der Waals surface area contributed by atoms with Crippen LogP contribution in [-0.4, -0.2) is 4.21 Å². The Hall–Kier alpha value is -1.03. The van der Waals surface area contributed by atoms with E-state index in [-0.39, 0.29) is 0 Å². The molecule has 2 aromatic carbocycles. The average molecular weight is 314 g/mol. The number of hydrogen-bond donors (Lipinski definition) is 1. The lowest BCUT2D eigenvalue weighted by atomic mass is 10.2. The molecule has 1 unspecified atom stereocenters. The fourth-order valence-corrected chi connectivity index (χ4v) is 3.51. The van der Waals surface area contributed by atoms with E-state index in [1.54, 1.807) is 18.2 Å². The van der Waals surface area contributed by atoms with Crippen LogP contribution in [0.4, 0.5) is 5.69 Å². The Bertz CT molecular complexity index is 643. The fraction of sp³-hybridized carbons (Fsp3) is 0.143. The largest absolute Gasteiger partial charge is 0.398 e. The Balaban J connectivity index is 2.25. The van der Waals surface area contributed by atoms with Crippen molar-refractivity contribution in [3.63, 3.8) is 0 Å². The van der Waals surface area contributed by atoms with Gasteiger partial charge in [-0.05, 0) is 42.3 Å². The highest BCUT2D eigenvalue weighted by molar-refractivity contribution is 7.84. The summed E-state index contributed by atoms with van der Waals surface area (Å²) in [6.45, 7) is 1.96. The molecule has 2 nitrogen and oxygen atoms in total. The quantitative estimate of drug-likeness (QED) is 0.863. The van der Waals surface area contributed by atoms with Crippen molar-refractivity contribution >= 4 is 39.7 Å². The number of halogens is 2. The van der Waals surface area contributed by atoms with Crippen molar-refractivity contribution in [1.29, 1.82) is 0 Å². The maximum absolute atomic E-state index is 12.3. The van der Waals surface area contributed by atoms with Crippen molar-refractivity contribution in [2.24, 2.45) is 0 Å². The molecule has 100 valence electrons. The summed E-state index contributed by atoms with van der Waals surface area (Å²) in [4.78, 5) is 0.584. The van der Waals surface area contributed by atoms with Gasteiger partial charge in [0.2, 0.25) is 0 Å². The van der Waals surface area contributed by atoms with Gasteiger partial charge < -0.3 is 5.73 Å². The minimum atomic E-state index is -1.24. The number of nitrogen functional groups attached to an aromatic ring is 1. The Morgan fingerprint density at radius 1 is 1.16 bits per heavy atom. The van der Waals surface area contributed by atoms with E-state index in [2.05, 4.69) is 0 Å². The normalized spacial score (nSPS) is 12.4. The van der Waals surface area contributed by atoms with Gasteiger partial charge in [-0.3, -0.25) is 4.21 Å². The van der Waals surface area contributed by atoms with Crippen molar-refractivity contribution in [3.8, 4) is 0 Å². The highest BCUT2D eigenvalue weighted by Crippen LogP contribution is 2.25. The summed E-state index contributed by atoms with van der Waals surface area (Å²) in [5, 5.41) is 1.16. The summed E-state index contributed by atoms with van der Waals surface area (Å²) in [5.41, 5.74) is 8.19. The second kappa shape index (κ2) is 5.95. The predicted octanol–water partition coefficient (Wildman–Crippen LogP) is 4.19. The second-order valence-electron chi connectivity index (χ2n) is 4.27. The third-order valence-corrected chi connectivity index (χ3v) is 4.73. The molecule has 5 heteroatoms. The molecule has 0 radical (unpaired) electrons. The van der Waals surface area contributed by atoms with Crippen LogP contribution >= 0.6 is 23.2 Å². The van der Waals surface area contributed by atoms with Gasteiger partial charge in [0.1, 0.15) is 0 Å². The summed E-state index contributed by atoms with van der Waals surface area (Å²) < 4.78 is 12.3. The maximum Gasteiger partial charge on any atom is 0.0621 e. The molecule has 0 heterocycles. The molecule has 0 saturated heterocycles. The molecular formula is C14H13Cl2NOS. The Morgan fingerprint density at radius 2 is 1.89 bits per heavy atom. The lowest BCUT2D eigenvalue weighted by Crippen LogP contribution is -2.01. The van der Waals surface area contributed by atoms with E-state index in [4.69, 9.17) is 28.9 Å². The number of nitrogens with two attached hydrogens (primary N) is 1.